The van der Waals surface area contributed by atoms with Gasteiger partial charge in [-0.05, 0) is 37.6 Å². The first-order chi connectivity index (χ1) is 9.90. The Balaban J connectivity index is 2.87. The predicted molar refractivity (Wildman–Crippen MR) is 78.4 cm³/mol. The molecule has 0 radical (unpaired) electrons. The smallest absolute Gasteiger partial charge is 0.261 e. The van der Waals surface area contributed by atoms with E-state index in [1.165, 1.54) is 23.7 Å². The van der Waals surface area contributed by atoms with Crippen LogP contribution in [0.3, 0.4) is 0 Å². The molecule has 0 saturated heterocycles. The molecule has 0 fully saturated rings. The van der Waals surface area contributed by atoms with Gasteiger partial charge in [0.1, 0.15) is 6.04 Å². The Morgan fingerprint density at radius 1 is 1.38 bits per heavy atom. The third-order valence-electron chi connectivity index (χ3n) is 2.78. The molecular weight excluding hydrogens is 318 g/mol. The fraction of sp³-hybridized carbons (Fsp3) is 0.417. The van der Waals surface area contributed by atoms with Crippen LogP contribution in [0.1, 0.15) is 19.3 Å². The molecule has 9 heteroatoms. The molecule has 21 heavy (non-hydrogen) atoms. The van der Waals surface area contributed by atoms with Gasteiger partial charge < -0.3 is 5.73 Å². The summed E-state index contributed by atoms with van der Waals surface area (Å²) < 4.78 is 26.6. The molecule has 0 heterocycles. The molecule has 1 amide bonds. The Labute approximate surface area is 128 Å². The van der Waals surface area contributed by atoms with Crippen LogP contribution in [-0.4, -0.2) is 32.1 Å². The molecule has 1 atom stereocenters. The van der Waals surface area contributed by atoms with Crippen LogP contribution in [0.2, 0.25) is 5.02 Å². The van der Waals surface area contributed by atoms with E-state index in [4.69, 9.17) is 22.5 Å². The molecule has 0 aliphatic carbocycles. The third-order valence-corrected chi connectivity index (χ3v) is 4.48. The zero-order valence-corrected chi connectivity index (χ0v) is 12.8. The third kappa shape index (κ3) is 5.60. The first kappa shape index (κ1) is 17.9. The van der Waals surface area contributed by atoms with Crippen LogP contribution in [0, 0.1) is 0 Å². The Kier molecular flexibility index (Phi) is 7.06. The normalized spacial score (nSPS) is 12.9. The van der Waals surface area contributed by atoms with Gasteiger partial charge in [0.25, 0.3) is 5.91 Å². The minimum atomic E-state index is -3.91. The van der Waals surface area contributed by atoms with Gasteiger partial charge in [0, 0.05) is 5.02 Å². The fourth-order valence-corrected chi connectivity index (χ4v) is 3.23. The molecular formula is C12H18ClN3O4S. The van der Waals surface area contributed by atoms with Crippen LogP contribution < -0.4 is 15.9 Å². The molecule has 0 saturated carbocycles. The van der Waals surface area contributed by atoms with Crippen molar-refractivity contribution in [1.82, 2.24) is 10.2 Å². The van der Waals surface area contributed by atoms with Gasteiger partial charge in [-0.3, -0.25) is 10.0 Å². The number of halogens is 1. The van der Waals surface area contributed by atoms with Crippen LogP contribution >= 0.6 is 11.6 Å². The number of hydrogen-bond acceptors (Lipinski definition) is 5. The molecule has 5 N–H and O–H groups in total. The topological polar surface area (TPSA) is 122 Å². The fourth-order valence-electron chi connectivity index (χ4n) is 1.70. The lowest BCUT2D eigenvalue weighted by Crippen LogP contribution is -2.45. The average molecular weight is 336 g/mol. The van der Waals surface area contributed by atoms with Gasteiger partial charge in [-0.25, -0.2) is 13.9 Å². The predicted octanol–water partition coefficient (Wildman–Crippen LogP) is 0.621. The maximum atomic E-state index is 12.2. The maximum absolute atomic E-state index is 12.2. The first-order valence-electron chi connectivity index (χ1n) is 6.32. The van der Waals surface area contributed by atoms with Crippen molar-refractivity contribution in [3.8, 4) is 0 Å². The van der Waals surface area contributed by atoms with Crippen LogP contribution in [0.15, 0.2) is 29.2 Å². The minimum Gasteiger partial charge on any atom is -0.330 e. The second kappa shape index (κ2) is 8.30. The maximum Gasteiger partial charge on any atom is 0.261 e. The molecule has 0 spiro atoms. The molecule has 1 aromatic rings. The number of nitrogens with one attached hydrogen (secondary N) is 2. The van der Waals surface area contributed by atoms with Crippen LogP contribution in [-0.2, 0) is 14.8 Å². The first-order valence-corrected chi connectivity index (χ1v) is 8.18. The number of sulfonamides is 1. The van der Waals surface area contributed by atoms with E-state index in [0.29, 0.717) is 19.4 Å². The van der Waals surface area contributed by atoms with E-state index in [0.717, 1.165) is 0 Å². The van der Waals surface area contributed by atoms with E-state index in [2.05, 4.69) is 4.72 Å². The summed E-state index contributed by atoms with van der Waals surface area (Å²) in [5.74, 6) is -0.822. The summed E-state index contributed by atoms with van der Waals surface area (Å²) in [6.45, 7) is 0.439. The second-order valence-corrected chi connectivity index (χ2v) is 6.54. The molecule has 0 aliphatic heterocycles. The summed E-state index contributed by atoms with van der Waals surface area (Å²) in [4.78, 5) is 11.5. The molecule has 1 aromatic carbocycles. The zero-order chi connectivity index (χ0) is 15.9. The van der Waals surface area contributed by atoms with Crippen molar-refractivity contribution in [2.75, 3.05) is 6.54 Å². The highest BCUT2D eigenvalue weighted by atomic mass is 35.5. The van der Waals surface area contributed by atoms with Crippen LogP contribution in [0.25, 0.3) is 0 Å². The number of benzene rings is 1. The van der Waals surface area contributed by atoms with E-state index < -0.39 is 22.0 Å². The molecule has 1 unspecified atom stereocenters. The summed E-state index contributed by atoms with van der Waals surface area (Å²) in [6, 6.07) is 4.59. The van der Waals surface area contributed by atoms with E-state index in [1.54, 1.807) is 6.07 Å². The van der Waals surface area contributed by atoms with Gasteiger partial charge in [0.2, 0.25) is 10.0 Å². The lowest BCUT2D eigenvalue weighted by atomic mass is 10.1. The van der Waals surface area contributed by atoms with Crippen molar-refractivity contribution in [1.29, 1.82) is 0 Å². The Morgan fingerprint density at radius 3 is 2.67 bits per heavy atom. The minimum absolute atomic E-state index is 0.0513. The molecule has 0 bridgehead atoms. The van der Waals surface area contributed by atoms with Gasteiger partial charge in [0.15, 0.2) is 0 Å². The number of hydroxylamine groups is 1. The lowest BCUT2D eigenvalue weighted by molar-refractivity contribution is -0.131. The van der Waals surface area contributed by atoms with Gasteiger partial charge >= 0.3 is 0 Å². The largest absolute Gasteiger partial charge is 0.330 e. The van der Waals surface area contributed by atoms with Gasteiger partial charge in [0.05, 0.1) is 4.90 Å². The summed E-state index contributed by atoms with van der Waals surface area (Å²) in [5.41, 5.74) is 6.81. The van der Waals surface area contributed by atoms with Gasteiger partial charge in [-0.2, -0.15) is 4.72 Å². The Morgan fingerprint density at radius 2 is 2.10 bits per heavy atom. The number of amides is 1. The van der Waals surface area contributed by atoms with Crippen LogP contribution in [0.4, 0.5) is 0 Å². The lowest BCUT2D eigenvalue weighted by Gasteiger charge is -2.16. The SMILES string of the molecule is NCCCCC(NS(=O)(=O)c1cccc(Cl)c1)C(=O)NO. The van der Waals surface area contributed by atoms with E-state index in [-0.39, 0.29) is 16.3 Å². The molecule has 0 aromatic heterocycles. The average Bonchev–Trinajstić information content (AvgIpc) is 2.45. The molecule has 7 nitrogen and oxygen atoms in total. The second-order valence-electron chi connectivity index (χ2n) is 4.39. The Hall–Kier alpha value is -1.19. The number of hydrogen-bond donors (Lipinski definition) is 4. The van der Waals surface area contributed by atoms with Crippen molar-refractivity contribution in [3.63, 3.8) is 0 Å². The summed E-state index contributed by atoms with van der Waals surface area (Å²) in [5, 5.41) is 8.96. The van der Waals surface area contributed by atoms with E-state index in [1.807, 2.05) is 0 Å². The molecule has 0 aliphatic rings. The number of nitrogens with two attached hydrogens (primary N) is 1. The highest BCUT2D eigenvalue weighted by Gasteiger charge is 2.25. The molecule has 118 valence electrons. The summed E-state index contributed by atoms with van der Waals surface area (Å²) in [6.07, 6.45) is 1.42. The Bertz CT molecular complexity index is 580. The van der Waals surface area contributed by atoms with Gasteiger partial charge in [-0.1, -0.05) is 24.1 Å². The van der Waals surface area contributed by atoms with Gasteiger partial charge in [-0.15, -0.1) is 0 Å². The van der Waals surface area contributed by atoms with E-state index in [9.17, 15) is 13.2 Å². The summed E-state index contributed by atoms with van der Waals surface area (Å²) >= 11 is 5.75. The number of unbranched alkanes of at least 4 members (excludes halogenated alkanes) is 1. The van der Waals surface area contributed by atoms with E-state index >= 15 is 0 Å². The van der Waals surface area contributed by atoms with Crippen molar-refractivity contribution in [2.45, 2.75) is 30.2 Å². The number of rotatable bonds is 8. The van der Waals surface area contributed by atoms with Crippen molar-refractivity contribution in [2.24, 2.45) is 5.73 Å². The monoisotopic (exact) mass is 335 g/mol. The molecule has 1 rings (SSSR count). The van der Waals surface area contributed by atoms with Crippen molar-refractivity contribution >= 4 is 27.5 Å². The highest BCUT2D eigenvalue weighted by molar-refractivity contribution is 7.89. The van der Waals surface area contributed by atoms with Crippen molar-refractivity contribution < 1.29 is 18.4 Å². The van der Waals surface area contributed by atoms with Crippen LogP contribution in [0.5, 0.6) is 0 Å². The van der Waals surface area contributed by atoms with Crippen molar-refractivity contribution in [3.05, 3.63) is 29.3 Å². The highest BCUT2D eigenvalue weighted by Crippen LogP contribution is 2.16. The standard InChI is InChI=1S/C12H18ClN3O4S/c13-9-4-3-5-10(8-9)21(19,20)16-11(12(17)15-18)6-1-2-7-14/h3-5,8,11,16,18H,1-2,6-7,14H2,(H,15,17). The number of carbonyl (C=O) groups excluding carboxylic acids is 1. The zero-order valence-electron chi connectivity index (χ0n) is 11.3. The number of carbonyl (C=O) groups is 1. The quantitative estimate of drug-likeness (QED) is 0.315. The summed E-state index contributed by atoms with van der Waals surface area (Å²) in [7, 11) is -3.91.